The molecule has 0 radical (unpaired) electrons. The first-order valence-electron chi connectivity index (χ1n) is 6.72. The summed E-state index contributed by atoms with van der Waals surface area (Å²) in [5.41, 5.74) is 0.169. The van der Waals surface area contributed by atoms with Crippen molar-refractivity contribution in [2.45, 2.75) is 19.8 Å². The lowest BCUT2D eigenvalue weighted by Crippen LogP contribution is -2.25. The number of Topliss-reactive ketones (excluding diaryl/α,β-unsaturated/α-hetero) is 1. The van der Waals surface area contributed by atoms with Gasteiger partial charge < -0.3 is 4.74 Å². The van der Waals surface area contributed by atoms with Crippen LogP contribution in [-0.4, -0.2) is 41.8 Å². The monoisotopic (exact) mass is 278 g/mol. The van der Waals surface area contributed by atoms with Crippen molar-refractivity contribution in [1.29, 1.82) is 0 Å². The highest BCUT2D eigenvalue weighted by atomic mass is 16.6. The maximum absolute atomic E-state index is 11.2. The van der Waals surface area contributed by atoms with E-state index in [0.717, 1.165) is 19.6 Å². The van der Waals surface area contributed by atoms with Gasteiger partial charge in [-0.15, -0.1) is 0 Å². The average molecular weight is 278 g/mol. The third kappa shape index (κ3) is 3.54. The first-order valence-corrected chi connectivity index (χ1v) is 6.72. The van der Waals surface area contributed by atoms with E-state index in [9.17, 15) is 14.9 Å². The molecule has 6 heteroatoms. The van der Waals surface area contributed by atoms with Gasteiger partial charge in [0.1, 0.15) is 6.61 Å². The zero-order chi connectivity index (χ0) is 14.5. The Balaban J connectivity index is 2.02. The van der Waals surface area contributed by atoms with Crippen molar-refractivity contribution in [2.75, 3.05) is 26.2 Å². The minimum Gasteiger partial charge on any atom is -0.485 e. The van der Waals surface area contributed by atoms with Crippen molar-refractivity contribution >= 4 is 11.5 Å². The van der Waals surface area contributed by atoms with E-state index >= 15 is 0 Å². The Morgan fingerprint density at radius 1 is 1.40 bits per heavy atom. The van der Waals surface area contributed by atoms with Gasteiger partial charge in [0.25, 0.3) is 0 Å². The number of carbonyl (C=O) groups excluding carboxylic acids is 1. The molecule has 0 saturated carbocycles. The number of nitrogens with zero attached hydrogens (tertiary/aromatic N) is 2. The second-order valence-electron chi connectivity index (χ2n) is 4.89. The molecule has 6 nitrogen and oxygen atoms in total. The highest BCUT2D eigenvalue weighted by molar-refractivity contribution is 5.95. The van der Waals surface area contributed by atoms with Crippen molar-refractivity contribution in [3.05, 3.63) is 33.9 Å². The molecule has 1 aromatic rings. The Kier molecular flexibility index (Phi) is 4.68. The predicted molar refractivity (Wildman–Crippen MR) is 74.3 cm³/mol. The summed E-state index contributed by atoms with van der Waals surface area (Å²) >= 11 is 0. The molecule has 1 heterocycles. The van der Waals surface area contributed by atoms with Crippen LogP contribution in [0.15, 0.2) is 18.2 Å². The summed E-state index contributed by atoms with van der Waals surface area (Å²) in [4.78, 5) is 24.0. The number of hydrogen-bond acceptors (Lipinski definition) is 5. The van der Waals surface area contributed by atoms with Crippen molar-refractivity contribution in [1.82, 2.24) is 4.90 Å². The lowest BCUT2D eigenvalue weighted by molar-refractivity contribution is -0.385. The van der Waals surface area contributed by atoms with E-state index in [1.165, 1.54) is 31.9 Å². The predicted octanol–water partition coefficient (Wildman–Crippen LogP) is 2.27. The number of hydrogen-bond donors (Lipinski definition) is 0. The topological polar surface area (TPSA) is 72.7 Å². The van der Waals surface area contributed by atoms with E-state index in [4.69, 9.17) is 4.74 Å². The fraction of sp³-hybridized carbons (Fsp3) is 0.500. The smallest absolute Gasteiger partial charge is 0.311 e. The molecule has 0 spiro atoms. The molecule has 0 amide bonds. The molecule has 20 heavy (non-hydrogen) atoms. The second-order valence-corrected chi connectivity index (χ2v) is 4.89. The van der Waals surface area contributed by atoms with Gasteiger partial charge in [0.05, 0.1) is 4.92 Å². The summed E-state index contributed by atoms with van der Waals surface area (Å²) in [6.45, 7) is 4.70. The minimum absolute atomic E-state index is 0.154. The van der Waals surface area contributed by atoms with Crippen LogP contribution in [0.25, 0.3) is 0 Å². The molecule has 1 saturated heterocycles. The Morgan fingerprint density at radius 3 is 2.70 bits per heavy atom. The van der Waals surface area contributed by atoms with Gasteiger partial charge in [-0.2, -0.15) is 0 Å². The molecule has 1 aromatic carbocycles. The molecular weight excluding hydrogens is 260 g/mol. The van der Waals surface area contributed by atoms with Crippen LogP contribution >= 0.6 is 0 Å². The number of ether oxygens (including phenoxy) is 1. The van der Waals surface area contributed by atoms with Crippen LogP contribution in [-0.2, 0) is 0 Å². The lowest BCUT2D eigenvalue weighted by Gasteiger charge is -2.15. The number of rotatable bonds is 6. The number of nitro benzene ring substituents is 1. The maximum Gasteiger partial charge on any atom is 0.311 e. The van der Waals surface area contributed by atoms with Crippen LogP contribution in [0.4, 0.5) is 5.69 Å². The number of ketones is 1. The molecule has 0 N–H and O–H groups in total. The van der Waals surface area contributed by atoms with Crippen molar-refractivity contribution in [3.8, 4) is 5.75 Å². The SMILES string of the molecule is CC(=O)c1ccc(OCCN2CCCC2)c([N+](=O)[O-])c1. The Bertz CT molecular complexity index is 510. The standard InChI is InChI=1S/C14H18N2O4/c1-11(17)12-4-5-14(13(10-12)16(18)19)20-9-8-15-6-2-3-7-15/h4-5,10H,2-3,6-9H2,1H3. The van der Waals surface area contributed by atoms with Gasteiger partial charge in [-0.25, -0.2) is 0 Å². The minimum atomic E-state index is -0.516. The molecule has 0 aliphatic carbocycles. The molecule has 1 aliphatic rings. The van der Waals surface area contributed by atoms with Crippen LogP contribution in [0, 0.1) is 10.1 Å². The van der Waals surface area contributed by atoms with Crippen LogP contribution in [0.2, 0.25) is 0 Å². The van der Waals surface area contributed by atoms with Gasteiger partial charge in [-0.3, -0.25) is 19.8 Å². The Morgan fingerprint density at radius 2 is 2.10 bits per heavy atom. The van der Waals surface area contributed by atoms with E-state index in [2.05, 4.69) is 4.90 Å². The summed E-state index contributed by atoms with van der Waals surface area (Å²) in [7, 11) is 0. The molecule has 2 rings (SSSR count). The molecule has 1 fully saturated rings. The third-order valence-corrected chi connectivity index (χ3v) is 3.43. The molecule has 0 aromatic heterocycles. The van der Waals surface area contributed by atoms with Crippen LogP contribution in [0.5, 0.6) is 5.75 Å². The molecular formula is C14H18N2O4. The van der Waals surface area contributed by atoms with E-state index in [1.807, 2.05) is 0 Å². The summed E-state index contributed by atoms with van der Waals surface area (Å²) in [5, 5.41) is 11.0. The molecule has 0 atom stereocenters. The van der Waals surface area contributed by atoms with Crippen LogP contribution in [0.1, 0.15) is 30.1 Å². The molecule has 0 unspecified atom stereocenters. The molecule has 0 bridgehead atoms. The fourth-order valence-corrected chi connectivity index (χ4v) is 2.29. The number of carbonyl (C=O) groups is 1. The molecule has 1 aliphatic heterocycles. The van der Waals surface area contributed by atoms with Gasteiger partial charge in [0.2, 0.25) is 0 Å². The number of likely N-dealkylation sites (tertiary alicyclic amines) is 1. The summed E-state index contributed by atoms with van der Waals surface area (Å²) < 4.78 is 5.50. The van der Waals surface area contributed by atoms with Crippen LogP contribution in [0.3, 0.4) is 0 Å². The van der Waals surface area contributed by atoms with Gasteiger partial charge in [0.15, 0.2) is 11.5 Å². The number of benzene rings is 1. The Hall–Kier alpha value is -1.95. The van der Waals surface area contributed by atoms with Crippen LogP contribution < -0.4 is 4.74 Å². The van der Waals surface area contributed by atoms with Crippen molar-refractivity contribution < 1.29 is 14.5 Å². The highest BCUT2D eigenvalue weighted by Crippen LogP contribution is 2.28. The maximum atomic E-state index is 11.2. The lowest BCUT2D eigenvalue weighted by atomic mass is 10.1. The zero-order valence-electron chi connectivity index (χ0n) is 11.5. The first kappa shape index (κ1) is 14.5. The van der Waals surface area contributed by atoms with E-state index < -0.39 is 4.92 Å². The quantitative estimate of drug-likeness (QED) is 0.453. The van der Waals surface area contributed by atoms with E-state index in [-0.39, 0.29) is 17.2 Å². The van der Waals surface area contributed by atoms with Gasteiger partial charge >= 0.3 is 5.69 Å². The highest BCUT2D eigenvalue weighted by Gasteiger charge is 2.18. The van der Waals surface area contributed by atoms with Gasteiger partial charge in [-0.05, 0) is 45.0 Å². The van der Waals surface area contributed by atoms with Crippen molar-refractivity contribution in [2.24, 2.45) is 0 Å². The summed E-state index contributed by atoms with van der Waals surface area (Å²) in [5.74, 6) is 0.0240. The summed E-state index contributed by atoms with van der Waals surface area (Å²) in [6, 6.07) is 4.33. The summed E-state index contributed by atoms with van der Waals surface area (Å²) in [6.07, 6.45) is 2.40. The largest absolute Gasteiger partial charge is 0.485 e. The van der Waals surface area contributed by atoms with Gasteiger partial charge in [-0.1, -0.05) is 0 Å². The van der Waals surface area contributed by atoms with E-state index in [1.54, 1.807) is 6.07 Å². The first-order chi connectivity index (χ1) is 9.58. The van der Waals surface area contributed by atoms with E-state index in [0.29, 0.717) is 12.2 Å². The van der Waals surface area contributed by atoms with Gasteiger partial charge in [0, 0.05) is 18.2 Å². The Labute approximate surface area is 117 Å². The van der Waals surface area contributed by atoms with Crippen molar-refractivity contribution in [3.63, 3.8) is 0 Å². The zero-order valence-corrected chi connectivity index (χ0v) is 11.5. The molecule has 108 valence electrons. The number of nitro groups is 1. The average Bonchev–Trinajstić information content (AvgIpc) is 2.91. The third-order valence-electron chi connectivity index (χ3n) is 3.43. The normalized spacial score (nSPS) is 15.2. The fourth-order valence-electron chi connectivity index (χ4n) is 2.29. The second kappa shape index (κ2) is 6.47.